The number of piperidine rings is 1. The number of likely N-dealkylation sites (tertiary alicyclic amines) is 1. The third-order valence-electron chi connectivity index (χ3n) is 4.82. The molecule has 4 nitrogen and oxygen atoms in total. The first-order chi connectivity index (χ1) is 10.7. The third kappa shape index (κ3) is 5.83. The smallest absolute Gasteiger partial charge is 0.224 e. The molecule has 2 aliphatic rings. The Hall–Kier alpha value is -0.970. The molecule has 0 saturated carbocycles. The van der Waals surface area contributed by atoms with Gasteiger partial charge in [-0.15, -0.1) is 24.8 Å². The zero-order valence-electron chi connectivity index (χ0n) is 14.3. The normalized spacial score (nSPS) is 20.9. The number of hydrogen-bond acceptors (Lipinski definition) is 3. The number of aryl methyl sites for hydroxylation is 1. The molecule has 0 aliphatic carbocycles. The van der Waals surface area contributed by atoms with Crippen LogP contribution < -0.4 is 10.6 Å². The van der Waals surface area contributed by atoms with E-state index in [-0.39, 0.29) is 24.8 Å². The Morgan fingerprint density at radius 2 is 2.00 bits per heavy atom. The fraction of sp³-hybridized carbons (Fsp3) is 0.611. The maximum atomic E-state index is 12.3. The summed E-state index contributed by atoms with van der Waals surface area (Å²) >= 11 is 0. The number of rotatable bonds is 4. The highest BCUT2D eigenvalue weighted by molar-refractivity contribution is 5.85. The van der Waals surface area contributed by atoms with Gasteiger partial charge in [0.15, 0.2) is 0 Å². The first-order valence-electron chi connectivity index (χ1n) is 8.55. The Morgan fingerprint density at radius 3 is 2.62 bits per heavy atom. The van der Waals surface area contributed by atoms with Crippen molar-refractivity contribution in [1.29, 1.82) is 0 Å². The van der Waals surface area contributed by atoms with Gasteiger partial charge in [0.2, 0.25) is 5.91 Å². The van der Waals surface area contributed by atoms with Crippen LogP contribution in [0.5, 0.6) is 0 Å². The van der Waals surface area contributed by atoms with Gasteiger partial charge in [0.25, 0.3) is 0 Å². The van der Waals surface area contributed by atoms with E-state index in [4.69, 9.17) is 0 Å². The molecule has 2 heterocycles. The van der Waals surface area contributed by atoms with Crippen molar-refractivity contribution in [2.24, 2.45) is 0 Å². The molecule has 3 rings (SSSR count). The number of nitrogens with zero attached hydrogens (tertiary/aromatic N) is 1. The standard InChI is InChI=1S/C18H27N3O.2ClH/c1-14-4-2-5-17(12-14)20-15-7-10-21(11-8-15)18(22)13-16-6-3-9-19-16;;/h2,4-5,12,15-16,19-20H,3,6-11,13H2,1H3;2*1H. The lowest BCUT2D eigenvalue weighted by Crippen LogP contribution is -2.44. The van der Waals surface area contributed by atoms with Crippen LogP contribution in [-0.4, -0.2) is 42.5 Å². The second-order valence-corrected chi connectivity index (χ2v) is 6.67. The second-order valence-electron chi connectivity index (χ2n) is 6.67. The largest absolute Gasteiger partial charge is 0.382 e. The van der Waals surface area contributed by atoms with Gasteiger partial charge in [-0.1, -0.05) is 12.1 Å². The number of carbonyl (C=O) groups is 1. The topological polar surface area (TPSA) is 44.4 Å². The first kappa shape index (κ1) is 21.1. The van der Waals surface area contributed by atoms with Crippen LogP contribution in [0.1, 0.15) is 37.7 Å². The molecule has 1 unspecified atom stereocenters. The monoisotopic (exact) mass is 373 g/mol. The molecule has 6 heteroatoms. The average Bonchev–Trinajstić information content (AvgIpc) is 3.01. The zero-order valence-corrected chi connectivity index (χ0v) is 15.9. The van der Waals surface area contributed by atoms with Crippen molar-refractivity contribution in [1.82, 2.24) is 10.2 Å². The van der Waals surface area contributed by atoms with Crippen LogP contribution in [0, 0.1) is 6.92 Å². The van der Waals surface area contributed by atoms with E-state index in [9.17, 15) is 4.79 Å². The SMILES string of the molecule is Cc1cccc(NC2CCN(C(=O)CC3CCCN3)CC2)c1.Cl.Cl. The molecule has 1 aromatic rings. The van der Waals surface area contributed by atoms with Gasteiger partial charge in [0, 0.05) is 37.3 Å². The molecule has 2 fully saturated rings. The highest BCUT2D eigenvalue weighted by Gasteiger charge is 2.25. The van der Waals surface area contributed by atoms with E-state index in [0.29, 0.717) is 24.4 Å². The third-order valence-corrected chi connectivity index (χ3v) is 4.82. The fourth-order valence-corrected chi connectivity index (χ4v) is 3.51. The minimum Gasteiger partial charge on any atom is -0.382 e. The summed E-state index contributed by atoms with van der Waals surface area (Å²) in [7, 11) is 0. The highest BCUT2D eigenvalue weighted by atomic mass is 35.5. The molecule has 1 aromatic carbocycles. The van der Waals surface area contributed by atoms with Crippen LogP contribution in [0.2, 0.25) is 0 Å². The maximum Gasteiger partial charge on any atom is 0.224 e. The van der Waals surface area contributed by atoms with Gasteiger partial charge in [-0.3, -0.25) is 4.79 Å². The van der Waals surface area contributed by atoms with Gasteiger partial charge in [0.1, 0.15) is 0 Å². The molecular formula is C18H29Cl2N3O. The van der Waals surface area contributed by atoms with Crippen LogP contribution in [0.4, 0.5) is 5.69 Å². The summed E-state index contributed by atoms with van der Waals surface area (Å²) in [5.74, 6) is 0.327. The number of halogens is 2. The molecule has 0 bridgehead atoms. The Balaban J connectivity index is 0.00000144. The van der Waals surface area contributed by atoms with Crippen LogP contribution >= 0.6 is 24.8 Å². The predicted molar refractivity (Wildman–Crippen MR) is 105 cm³/mol. The zero-order chi connectivity index (χ0) is 15.4. The van der Waals surface area contributed by atoms with Crippen molar-refractivity contribution >= 4 is 36.4 Å². The van der Waals surface area contributed by atoms with Crippen molar-refractivity contribution < 1.29 is 4.79 Å². The first-order valence-corrected chi connectivity index (χ1v) is 8.55. The van der Waals surface area contributed by atoms with Gasteiger partial charge < -0.3 is 15.5 Å². The van der Waals surface area contributed by atoms with E-state index >= 15 is 0 Å². The Kier molecular flexibility index (Phi) is 8.88. The van der Waals surface area contributed by atoms with E-state index in [1.807, 2.05) is 0 Å². The minimum absolute atomic E-state index is 0. The predicted octanol–water partition coefficient (Wildman–Crippen LogP) is 3.38. The number of hydrogen-bond donors (Lipinski definition) is 2. The molecular weight excluding hydrogens is 345 g/mol. The molecule has 2 aliphatic heterocycles. The quantitative estimate of drug-likeness (QED) is 0.849. The Bertz CT molecular complexity index is 513. The van der Waals surface area contributed by atoms with E-state index in [0.717, 1.165) is 38.9 Å². The average molecular weight is 374 g/mol. The van der Waals surface area contributed by atoms with Gasteiger partial charge >= 0.3 is 0 Å². The summed E-state index contributed by atoms with van der Waals surface area (Å²) in [6, 6.07) is 9.40. The summed E-state index contributed by atoms with van der Waals surface area (Å²) < 4.78 is 0. The molecule has 1 amide bonds. The molecule has 0 aromatic heterocycles. The van der Waals surface area contributed by atoms with Crippen LogP contribution in [0.3, 0.4) is 0 Å². The fourth-order valence-electron chi connectivity index (χ4n) is 3.51. The van der Waals surface area contributed by atoms with Gasteiger partial charge in [-0.05, 0) is 56.8 Å². The van der Waals surface area contributed by atoms with Gasteiger partial charge in [-0.25, -0.2) is 0 Å². The molecule has 24 heavy (non-hydrogen) atoms. The molecule has 136 valence electrons. The highest BCUT2D eigenvalue weighted by Crippen LogP contribution is 2.19. The molecule has 1 atom stereocenters. The van der Waals surface area contributed by atoms with Crippen molar-refractivity contribution in [3.05, 3.63) is 29.8 Å². The summed E-state index contributed by atoms with van der Waals surface area (Å²) in [5.41, 5.74) is 2.47. The van der Waals surface area contributed by atoms with Crippen LogP contribution in [0.25, 0.3) is 0 Å². The number of nitrogens with one attached hydrogen (secondary N) is 2. The summed E-state index contributed by atoms with van der Waals surface area (Å²) in [4.78, 5) is 14.4. The van der Waals surface area contributed by atoms with Crippen molar-refractivity contribution in [2.45, 2.75) is 51.1 Å². The van der Waals surface area contributed by atoms with Gasteiger partial charge in [-0.2, -0.15) is 0 Å². The minimum atomic E-state index is 0. The lowest BCUT2D eigenvalue weighted by molar-refractivity contribution is -0.132. The number of carbonyl (C=O) groups excluding carboxylic acids is 1. The molecule has 0 radical (unpaired) electrons. The Labute approximate surface area is 157 Å². The van der Waals surface area contributed by atoms with Crippen molar-refractivity contribution in [3.8, 4) is 0 Å². The summed E-state index contributed by atoms with van der Waals surface area (Å²) in [6.07, 6.45) is 5.11. The van der Waals surface area contributed by atoms with E-state index < -0.39 is 0 Å². The number of benzene rings is 1. The molecule has 2 N–H and O–H groups in total. The van der Waals surface area contributed by atoms with E-state index in [1.54, 1.807) is 0 Å². The summed E-state index contributed by atoms with van der Waals surface area (Å²) in [5, 5.41) is 7.02. The van der Waals surface area contributed by atoms with E-state index in [2.05, 4.69) is 46.7 Å². The Morgan fingerprint density at radius 1 is 1.25 bits per heavy atom. The molecule has 0 spiro atoms. The van der Waals surface area contributed by atoms with Crippen LogP contribution in [0.15, 0.2) is 24.3 Å². The van der Waals surface area contributed by atoms with Crippen LogP contribution in [-0.2, 0) is 4.79 Å². The van der Waals surface area contributed by atoms with Crippen molar-refractivity contribution in [2.75, 3.05) is 25.0 Å². The summed E-state index contributed by atoms with van der Waals surface area (Å²) in [6.45, 7) is 4.95. The van der Waals surface area contributed by atoms with E-state index in [1.165, 1.54) is 17.7 Å². The van der Waals surface area contributed by atoms with Gasteiger partial charge in [0.05, 0.1) is 0 Å². The lowest BCUT2D eigenvalue weighted by Gasteiger charge is -2.33. The number of amides is 1. The number of anilines is 1. The lowest BCUT2D eigenvalue weighted by atomic mass is 10.0. The van der Waals surface area contributed by atoms with Crippen molar-refractivity contribution in [3.63, 3.8) is 0 Å². The second kappa shape index (κ2) is 10.1. The molecule has 2 saturated heterocycles. The maximum absolute atomic E-state index is 12.3.